The molecule has 17 heavy (non-hydrogen) atoms. The molecule has 3 nitrogen and oxygen atoms in total. The molecule has 0 amide bonds. The molecule has 0 aliphatic heterocycles. The predicted octanol–water partition coefficient (Wildman–Crippen LogP) is 4.35. The molecular formula is C13H22BrN3. The van der Waals surface area contributed by atoms with E-state index in [0.29, 0.717) is 5.92 Å². The Morgan fingerprint density at radius 3 is 2.35 bits per heavy atom. The Kier molecular flexibility index (Phi) is 4.92. The van der Waals surface area contributed by atoms with Gasteiger partial charge in [0, 0.05) is 17.5 Å². The first-order valence-electron chi connectivity index (χ1n) is 6.23. The Bertz CT molecular complexity index is 373. The third kappa shape index (κ3) is 3.95. The van der Waals surface area contributed by atoms with Gasteiger partial charge in [-0.15, -0.1) is 0 Å². The van der Waals surface area contributed by atoms with Gasteiger partial charge in [0.1, 0.15) is 16.2 Å². The van der Waals surface area contributed by atoms with E-state index >= 15 is 0 Å². The summed E-state index contributed by atoms with van der Waals surface area (Å²) >= 11 is 3.44. The fraction of sp³-hybridized carbons (Fsp3) is 0.692. The minimum absolute atomic E-state index is 0.0992. The van der Waals surface area contributed by atoms with E-state index in [1.54, 1.807) is 0 Å². The molecule has 1 aromatic rings. The van der Waals surface area contributed by atoms with Gasteiger partial charge in [0.05, 0.1) is 0 Å². The van der Waals surface area contributed by atoms with Crippen LogP contribution in [-0.2, 0) is 0 Å². The summed E-state index contributed by atoms with van der Waals surface area (Å²) in [6.45, 7) is 10.8. The SMILES string of the molecule is CCC(C)(CC)Nc1cc(Br)nc(C(C)C)n1. The molecule has 0 atom stereocenters. The Labute approximate surface area is 113 Å². The van der Waals surface area contributed by atoms with Crippen LogP contribution in [0.1, 0.15) is 59.2 Å². The van der Waals surface area contributed by atoms with Crippen LogP contribution in [0.25, 0.3) is 0 Å². The molecule has 0 saturated carbocycles. The number of hydrogen-bond acceptors (Lipinski definition) is 3. The van der Waals surface area contributed by atoms with E-state index < -0.39 is 0 Å². The lowest BCUT2D eigenvalue weighted by atomic mass is 9.96. The molecule has 1 rings (SSSR count). The first kappa shape index (κ1) is 14.4. The number of nitrogens with one attached hydrogen (secondary N) is 1. The Morgan fingerprint density at radius 2 is 1.88 bits per heavy atom. The van der Waals surface area contributed by atoms with Gasteiger partial charge >= 0.3 is 0 Å². The average molecular weight is 300 g/mol. The van der Waals surface area contributed by atoms with E-state index in [2.05, 4.69) is 65.8 Å². The van der Waals surface area contributed by atoms with Gasteiger partial charge in [0.25, 0.3) is 0 Å². The van der Waals surface area contributed by atoms with Crippen LogP contribution in [0.4, 0.5) is 5.82 Å². The molecule has 0 saturated heterocycles. The maximum Gasteiger partial charge on any atom is 0.134 e. The van der Waals surface area contributed by atoms with Crippen molar-refractivity contribution in [1.82, 2.24) is 9.97 Å². The molecule has 1 N–H and O–H groups in total. The van der Waals surface area contributed by atoms with Crippen molar-refractivity contribution in [2.24, 2.45) is 0 Å². The molecule has 0 aliphatic rings. The molecule has 0 unspecified atom stereocenters. The smallest absolute Gasteiger partial charge is 0.134 e. The van der Waals surface area contributed by atoms with Crippen LogP contribution >= 0.6 is 15.9 Å². The van der Waals surface area contributed by atoms with Crippen LogP contribution in [0.5, 0.6) is 0 Å². The minimum atomic E-state index is 0.0992. The summed E-state index contributed by atoms with van der Waals surface area (Å²) in [5, 5.41) is 3.51. The Balaban J connectivity index is 2.98. The van der Waals surface area contributed by atoms with Gasteiger partial charge in [0.2, 0.25) is 0 Å². The lowest BCUT2D eigenvalue weighted by Crippen LogP contribution is -2.33. The van der Waals surface area contributed by atoms with Crippen molar-refractivity contribution in [2.75, 3.05) is 5.32 Å². The minimum Gasteiger partial charge on any atom is -0.365 e. The average Bonchev–Trinajstić information content (AvgIpc) is 2.28. The van der Waals surface area contributed by atoms with Gasteiger partial charge < -0.3 is 5.32 Å². The van der Waals surface area contributed by atoms with Gasteiger partial charge in [-0.2, -0.15) is 0 Å². The van der Waals surface area contributed by atoms with E-state index in [-0.39, 0.29) is 5.54 Å². The molecular weight excluding hydrogens is 278 g/mol. The standard InChI is InChI=1S/C13H22BrN3/c1-6-13(5,7-2)17-11-8-10(14)15-12(16-11)9(3)4/h8-9H,6-7H2,1-5H3,(H,15,16,17). The highest BCUT2D eigenvalue weighted by molar-refractivity contribution is 9.10. The van der Waals surface area contributed by atoms with Gasteiger partial charge in [-0.3, -0.25) is 0 Å². The van der Waals surface area contributed by atoms with Gasteiger partial charge in [-0.1, -0.05) is 27.7 Å². The lowest BCUT2D eigenvalue weighted by molar-refractivity contribution is 0.476. The molecule has 1 heterocycles. The van der Waals surface area contributed by atoms with Gasteiger partial charge in [-0.25, -0.2) is 9.97 Å². The Morgan fingerprint density at radius 1 is 1.29 bits per heavy atom. The number of nitrogens with zero attached hydrogens (tertiary/aromatic N) is 2. The summed E-state index contributed by atoms with van der Waals surface area (Å²) in [6.07, 6.45) is 2.14. The second-order valence-corrected chi connectivity index (χ2v) is 5.79. The molecule has 96 valence electrons. The zero-order chi connectivity index (χ0) is 13.1. The molecule has 0 spiro atoms. The summed E-state index contributed by atoms with van der Waals surface area (Å²) < 4.78 is 0.841. The normalized spacial score (nSPS) is 11.9. The van der Waals surface area contributed by atoms with Crippen LogP contribution in [0.15, 0.2) is 10.7 Å². The monoisotopic (exact) mass is 299 g/mol. The molecule has 1 aromatic heterocycles. The van der Waals surface area contributed by atoms with Crippen LogP contribution in [-0.4, -0.2) is 15.5 Å². The number of halogens is 1. The van der Waals surface area contributed by atoms with E-state index in [1.165, 1.54) is 0 Å². The molecule has 0 bridgehead atoms. The maximum absolute atomic E-state index is 4.56. The summed E-state index contributed by atoms with van der Waals surface area (Å²) in [5.41, 5.74) is 0.0992. The predicted molar refractivity (Wildman–Crippen MR) is 76.4 cm³/mol. The second kappa shape index (κ2) is 5.80. The number of anilines is 1. The topological polar surface area (TPSA) is 37.8 Å². The van der Waals surface area contributed by atoms with Crippen LogP contribution in [0, 0.1) is 0 Å². The zero-order valence-electron chi connectivity index (χ0n) is 11.3. The lowest BCUT2D eigenvalue weighted by Gasteiger charge is -2.29. The third-order valence-electron chi connectivity index (χ3n) is 3.22. The maximum atomic E-state index is 4.56. The first-order chi connectivity index (χ1) is 7.90. The largest absolute Gasteiger partial charge is 0.365 e. The third-order valence-corrected chi connectivity index (χ3v) is 3.63. The summed E-state index contributed by atoms with van der Waals surface area (Å²) in [6, 6.07) is 1.94. The highest BCUT2D eigenvalue weighted by atomic mass is 79.9. The number of aromatic nitrogens is 2. The van der Waals surface area contributed by atoms with Crippen LogP contribution in [0.3, 0.4) is 0 Å². The number of hydrogen-bond donors (Lipinski definition) is 1. The quantitative estimate of drug-likeness (QED) is 0.821. The van der Waals surface area contributed by atoms with E-state index in [4.69, 9.17) is 0 Å². The summed E-state index contributed by atoms with van der Waals surface area (Å²) in [7, 11) is 0. The van der Waals surface area contributed by atoms with Crippen molar-refractivity contribution in [3.8, 4) is 0 Å². The molecule has 0 fully saturated rings. The number of rotatable bonds is 5. The van der Waals surface area contributed by atoms with Crippen molar-refractivity contribution < 1.29 is 0 Å². The Hall–Kier alpha value is -0.640. The van der Waals surface area contributed by atoms with Crippen molar-refractivity contribution in [3.05, 3.63) is 16.5 Å². The first-order valence-corrected chi connectivity index (χ1v) is 7.02. The van der Waals surface area contributed by atoms with Crippen LogP contribution in [0.2, 0.25) is 0 Å². The summed E-state index contributed by atoms with van der Waals surface area (Å²) in [4.78, 5) is 8.94. The van der Waals surface area contributed by atoms with E-state index in [1.807, 2.05) is 6.07 Å². The van der Waals surface area contributed by atoms with Crippen LogP contribution < -0.4 is 5.32 Å². The van der Waals surface area contributed by atoms with Crippen molar-refractivity contribution in [1.29, 1.82) is 0 Å². The zero-order valence-corrected chi connectivity index (χ0v) is 12.9. The van der Waals surface area contributed by atoms with Gasteiger partial charge in [-0.05, 0) is 35.7 Å². The fourth-order valence-corrected chi connectivity index (χ4v) is 1.89. The highest BCUT2D eigenvalue weighted by Crippen LogP contribution is 2.23. The summed E-state index contributed by atoms with van der Waals surface area (Å²) in [5.74, 6) is 2.11. The van der Waals surface area contributed by atoms with Crippen molar-refractivity contribution in [3.63, 3.8) is 0 Å². The fourth-order valence-electron chi connectivity index (χ4n) is 1.49. The molecule has 0 aliphatic carbocycles. The molecule has 0 radical (unpaired) electrons. The highest BCUT2D eigenvalue weighted by Gasteiger charge is 2.20. The van der Waals surface area contributed by atoms with E-state index in [9.17, 15) is 0 Å². The van der Waals surface area contributed by atoms with Crippen molar-refractivity contribution in [2.45, 2.75) is 58.9 Å². The molecule has 4 heteroatoms. The molecule has 0 aromatic carbocycles. The van der Waals surface area contributed by atoms with E-state index in [0.717, 1.165) is 29.1 Å². The van der Waals surface area contributed by atoms with Gasteiger partial charge in [0.15, 0.2) is 0 Å². The second-order valence-electron chi connectivity index (χ2n) is 4.98. The van der Waals surface area contributed by atoms with Crippen molar-refractivity contribution >= 4 is 21.7 Å².